The summed E-state index contributed by atoms with van der Waals surface area (Å²) in [5.41, 5.74) is 2.76. The molecular formula is C20H20ClN3O3S. The zero-order valence-corrected chi connectivity index (χ0v) is 17.1. The van der Waals surface area contributed by atoms with Crippen molar-refractivity contribution in [2.24, 2.45) is 0 Å². The van der Waals surface area contributed by atoms with Gasteiger partial charge in [0.05, 0.1) is 5.75 Å². The van der Waals surface area contributed by atoms with E-state index in [9.17, 15) is 4.79 Å². The van der Waals surface area contributed by atoms with Crippen LogP contribution >= 0.6 is 23.4 Å². The van der Waals surface area contributed by atoms with Crippen molar-refractivity contribution in [2.45, 2.75) is 32.1 Å². The van der Waals surface area contributed by atoms with Gasteiger partial charge in [-0.15, -0.1) is 10.2 Å². The lowest BCUT2D eigenvalue weighted by Crippen LogP contribution is -2.14. The Morgan fingerprint density at radius 2 is 2.00 bits per heavy atom. The van der Waals surface area contributed by atoms with Gasteiger partial charge in [-0.1, -0.05) is 48.5 Å². The van der Waals surface area contributed by atoms with Crippen LogP contribution in [-0.4, -0.2) is 21.9 Å². The molecule has 0 aliphatic heterocycles. The molecule has 0 aliphatic rings. The largest absolute Gasteiger partial charge is 0.484 e. The summed E-state index contributed by atoms with van der Waals surface area (Å²) in [6.45, 7) is 4.13. The van der Waals surface area contributed by atoms with Crippen LogP contribution in [0.5, 0.6) is 5.75 Å². The van der Waals surface area contributed by atoms with Gasteiger partial charge in [0.15, 0.2) is 6.61 Å². The number of aromatic nitrogens is 2. The van der Waals surface area contributed by atoms with E-state index in [-0.39, 0.29) is 18.3 Å². The number of thioether (sulfide) groups is 1. The number of hydrogen-bond acceptors (Lipinski definition) is 6. The van der Waals surface area contributed by atoms with Crippen LogP contribution in [0.15, 0.2) is 52.1 Å². The predicted molar refractivity (Wildman–Crippen MR) is 110 cm³/mol. The van der Waals surface area contributed by atoms with Crippen LogP contribution in [0.2, 0.25) is 5.02 Å². The lowest BCUT2D eigenvalue weighted by Gasteiger charge is -2.08. The third-order valence-corrected chi connectivity index (χ3v) is 5.24. The molecule has 6 nitrogen and oxygen atoms in total. The first-order valence-corrected chi connectivity index (χ1v) is 10.1. The summed E-state index contributed by atoms with van der Waals surface area (Å²) < 4.78 is 11.1. The second-order valence-corrected chi connectivity index (χ2v) is 7.33. The molecule has 8 heteroatoms. The Kier molecular flexibility index (Phi) is 6.95. The molecule has 1 aromatic heterocycles. The van der Waals surface area contributed by atoms with Gasteiger partial charge >= 0.3 is 0 Å². The molecule has 28 heavy (non-hydrogen) atoms. The molecule has 3 rings (SSSR count). The minimum Gasteiger partial charge on any atom is -0.484 e. The molecule has 0 aliphatic carbocycles. The number of hydrogen-bond donors (Lipinski definition) is 1. The number of ether oxygens (including phenoxy) is 1. The third-order valence-electron chi connectivity index (χ3n) is 4.01. The molecule has 1 amide bonds. The molecule has 0 saturated heterocycles. The highest BCUT2D eigenvalue weighted by Crippen LogP contribution is 2.24. The molecule has 0 fully saturated rings. The summed E-state index contributed by atoms with van der Waals surface area (Å²) in [6.07, 6.45) is 0.981. The van der Waals surface area contributed by atoms with E-state index in [0.29, 0.717) is 21.8 Å². The van der Waals surface area contributed by atoms with Crippen LogP contribution in [-0.2, 0) is 17.8 Å². The van der Waals surface area contributed by atoms with Gasteiger partial charge in [0.1, 0.15) is 5.75 Å². The fourth-order valence-electron chi connectivity index (χ4n) is 2.38. The number of aryl methyl sites for hydroxylation is 1. The Balaban J connectivity index is 1.47. The molecule has 1 heterocycles. The molecule has 2 aromatic carbocycles. The SMILES string of the molecule is CCc1ccc(OCc2nnc(SCC(=O)Nc3cccc(Cl)c3C)o2)cc1. The first kappa shape index (κ1) is 20.2. The normalized spacial score (nSPS) is 10.7. The van der Waals surface area contributed by atoms with Crippen LogP contribution in [0.1, 0.15) is 23.9 Å². The average Bonchev–Trinajstić information content (AvgIpc) is 3.17. The molecule has 1 N–H and O–H groups in total. The van der Waals surface area contributed by atoms with Crippen molar-refractivity contribution in [3.05, 3.63) is 64.5 Å². The second-order valence-electron chi connectivity index (χ2n) is 6.00. The van der Waals surface area contributed by atoms with Gasteiger partial charge in [0.25, 0.3) is 11.1 Å². The zero-order valence-electron chi connectivity index (χ0n) is 15.6. The lowest BCUT2D eigenvalue weighted by atomic mass is 10.2. The minimum atomic E-state index is -0.178. The zero-order chi connectivity index (χ0) is 19.9. The van der Waals surface area contributed by atoms with Gasteiger partial charge in [-0.05, 0) is 48.7 Å². The molecule has 0 radical (unpaired) electrons. The van der Waals surface area contributed by atoms with Crippen LogP contribution in [0, 0.1) is 6.92 Å². The van der Waals surface area contributed by atoms with Crippen LogP contribution in [0.25, 0.3) is 0 Å². The standard InChI is InChI=1S/C20H20ClN3O3S/c1-3-14-7-9-15(10-8-14)26-11-19-23-24-20(27-19)28-12-18(25)22-17-6-4-5-16(21)13(17)2/h4-10H,3,11-12H2,1-2H3,(H,22,25). The number of amides is 1. The van der Waals surface area contributed by atoms with E-state index >= 15 is 0 Å². The van der Waals surface area contributed by atoms with E-state index < -0.39 is 0 Å². The highest BCUT2D eigenvalue weighted by molar-refractivity contribution is 7.99. The maximum absolute atomic E-state index is 12.1. The van der Waals surface area contributed by atoms with E-state index in [4.69, 9.17) is 20.8 Å². The fraction of sp³-hybridized carbons (Fsp3) is 0.250. The first-order chi connectivity index (χ1) is 13.5. The summed E-state index contributed by atoms with van der Waals surface area (Å²) in [4.78, 5) is 12.1. The molecule has 0 saturated carbocycles. The number of anilines is 1. The summed E-state index contributed by atoms with van der Waals surface area (Å²) in [5.74, 6) is 1.06. The van der Waals surface area contributed by atoms with Crippen LogP contribution in [0.4, 0.5) is 5.69 Å². The predicted octanol–water partition coefficient (Wildman–Crippen LogP) is 4.90. The summed E-state index contributed by atoms with van der Waals surface area (Å²) in [5, 5.41) is 11.6. The second kappa shape index (κ2) is 9.61. The van der Waals surface area contributed by atoms with Gasteiger partial charge in [-0.3, -0.25) is 4.79 Å². The number of nitrogens with one attached hydrogen (secondary N) is 1. The Bertz CT molecular complexity index is 944. The van der Waals surface area contributed by atoms with E-state index in [1.54, 1.807) is 18.2 Å². The fourth-order valence-corrected chi connectivity index (χ4v) is 3.13. The summed E-state index contributed by atoms with van der Waals surface area (Å²) in [6, 6.07) is 13.2. The maximum Gasteiger partial charge on any atom is 0.277 e. The minimum absolute atomic E-state index is 0.146. The Morgan fingerprint density at radius 3 is 2.75 bits per heavy atom. The average molecular weight is 418 g/mol. The highest BCUT2D eigenvalue weighted by Gasteiger charge is 2.12. The monoisotopic (exact) mass is 417 g/mol. The van der Waals surface area contributed by atoms with Crippen molar-refractivity contribution in [3.63, 3.8) is 0 Å². The molecule has 146 valence electrons. The number of nitrogens with zero attached hydrogens (tertiary/aromatic N) is 2. The number of carbonyl (C=O) groups is 1. The molecule has 0 unspecified atom stereocenters. The van der Waals surface area contributed by atoms with E-state index in [1.807, 2.05) is 31.2 Å². The van der Waals surface area contributed by atoms with Crippen molar-refractivity contribution in [3.8, 4) is 5.75 Å². The van der Waals surface area contributed by atoms with Gasteiger partial charge in [-0.25, -0.2) is 0 Å². The lowest BCUT2D eigenvalue weighted by molar-refractivity contribution is -0.113. The van der Waals surface area contributed by atoms with Crippen LogP contribution in [0.3, 0.4) is 0 Å². The van der Waals surface area contributed by atoms with Crippen molar-refractivity contribution < 1.29 is 13.9 Å². The highest BCUT2D eigenvalue weighted by atomic mass is 35.5. The van der Waals surface area contributed by atoms with Gasteiger partial charge in [0, 0.05) is 10.7 Å². The molecule has 3 aromatic rings. The van der Waals surface area contributed by atoms with E-state index in [0.717, 1.165) is 29.5 Å². The van der Waals surface area contributed by atoms with Crippen LogP contribution < -0.4 is 10.1 Å². The Hall–Kier alpha value is -2.51. The Labute approximate surface area is 172 Å². The van der Waals surface area contributed by atoms with Crippen molar-refractivity contribution >= 4 is 35.0 Å². The number of carbonyl (C=O) groups excluding carboxylic acids is 1. The van der Waals surface area contributed by atoms with Crippen molar-refractivity contribution in [1.29, 1.82) is 0 Å². The summed E-state index contributed by atoms with van der Waals surface area (Å²) >= 11 is 7.22. The summed E-state index contributed by atoms with van der Waals surface area (Å²) in [7, 11) is 0. The van der Waals surface area contributed by atoms with Gasteiger partial charge in [-0.2, -0.15) is 0 Å². The van der Waals surface area contributed by atoms with Crippen molar-refractivity contribution in [1.82, 2.24) is 10.2 Å². The number of halogens is 1. The van der Waals surface area contributed by atoms with Gasteiger partial charge in [0.2, 0.25) is 5.91 Å². The number of benzene rings is 2. The smallest absolute Gasteiger partial charge is 0.277 e. The third kappa shape index (κ3) is 5.50. The molecule has 0 spiro atoms. The molecule has 0 atom stereocenters. The topological polar surface area (TPSA) is 77.2 Å². The number of rotatable bonds is 8. The van der Waals surface area contributed by atoms with Crippen molar-refractivity contribution in [2.75, 3.05) is 11.1 Å². The van der Waals surface area contributed by atoms with E-state index in [2.05, 4.69) is 22.4 Å². The maximum atomic E-state index is 12.1. The van der Waals surface area contributed by atoms with E-state index in [1.165, 1.54) is 5.56 Å². The first-order valence-electron chi connectivity index (χ1n) is 8.77. The molecular weight excluding hydrogens is 398 g/mol. The van der Waals surface area contributed by atoms with Gasteiger partial charge < -0.3 is 14.5 Å². The quantitative estimate of drug-likeness (QED) is 0.525. The Morgan fingerprint density at radius 1 is 1.21 bits per heavy atom. The molecule has 0 bridgehead atoms.